The molecular weight excluding hydrogens is 303 g/mol. The SMILES string of the molecule is NCCCCCN1CCN(c2nc(C(F)(F)F)ns2)CC1. The van der Waals surface area contributed by atoms with Crippen molar-refractivity contribution >= 4 is 16.7 Å². The molecular formula is C12H20F3N5S. The molecule has 0 radical (unpaired) electrons. The fourth-order valence-corrected chi connectivity index (χ4v) is 3.02. The molecule has 0 atom stereocenters. The van der Waals surface area contributed by atoms with E-state index in [1.807, 2.05) is 4.90 Å². The third kappa shape index (κ3) is 4.79. The van der Waals surface area contributed by atoms with Crippen LogP contribution in [0.25, 0.3) is 0 Å². The molecule has 0 aliphatic carbocycles. The fourth-order valence-electron chi connectivity index (χ4n) is 2.28. The Morgan fingerprint density at radius 2 is 1.81 bits per heavy atom. The van der Waals surface area contributed by atoms with Crippen molar-refractivity contribution in [3.8, 4) is 0 Å². The van der Waals surface area contributed by atoms with Crippen LogP contribution in [0.3, 0.4) is 0 Å². The van der Waals surface area contributed by atoms with Gasteiger partial charge in [0.25, 0.3) is 0 Å². The van der Waals surface area contributed by atoms with Gasteiger partial charge in [-0.3, -0.25) is 4.90 Å². The lowest BCUT2D eigenvalue weighted by Crippen LogP contribution is -2.46. The molecule has 0 unspecified atom stereocenters. The van der Waals surface area contributed by atoms with Crippen molar-refractivity contribution in [2.75, 3.05) is 44.2 Å². The van der Waals surface area contributed by atoms with Gasteiger partial charge in [0.15, 0.2) is 0 Å². The maximum absolute atomic E-state index is 12.5. The van der Waals surface area contributed by atoms with Gasteiger partial charge in [-0.1, -0.05) is 6.42 Å². The minimum atomic E-state index is -4.46. The average Bonchev–Trinajstić information content (AvgIpc) is 2.94. The van der Waals surface area contributed by atoms with Crippen LogP contribution >= 0.6 is 11.5 Å². The molecule has 1 fully saturated rings. The van der Waals surface area contributed by atoms with Gasteiger partial charge in [0, 0.05) is 37.7 Å². The first-order valence-electron chi connectivity index (χ1n) is 7.09. The predicted molar refractivity (Wildman–Crippen MR) is 76.5 cm³/mol. The molecule has 0 saturated carbocycles. The van der Waals surface area contributed by atoms with Gasteiger partial charge in [0.1, 0.15) is 0 Å². The van der Waals surface area contributed by atoms with Gasteiger partial charge >= 0.3 is 6.18 Å². The van der Waals surface area contributed by atoms with Crippen LogP contribution in [-0.4, -0.2) is 53.5 Å². The number of hydrogen-bond donors (Lipinski definition) is 1. The van der Waals surface area contributed by atoms with Crippen LogP contribution in [0.4, 0.5) is 18.3 Å². The largest absolute Gasteiger partial charge is 0.452 e. The Morgan fingerprint density at radius 3 is 2.38 bits per heavy atom. The number of nitrogens with two attached hydrogens (primary N) is 1. The first-order chi connectivity index (χ1) is 10.0. The Hall–Kier alpha value is -0.930. The quantitative estimate of drug-likeness (QED) is 0.809. The van der Waals surface area contributed by atoms with Gasteiger partial charge in [0.05, 0.1) is 0 Å². The van der Waals surface area contributed by atoms with Crippen molar-refractivity contribution in [2.45, 2.75) is 25.4 Å². The smallest absolute Gasteiger partial charge is 0.344 e. The van der Waals surface area contributed by atoms with Crippen LogP contribution in [0.15, 0.2) is 0 Å². The zero-order chi connectivity index (χ0) is 15.3. The summed E-state index contributed by atoms with van der Waals surface area (Å²) in [5.74, 6) is -1.04. The summed E-state index contributed by atoms with van der Waals surface area (Å²) in [5, 5.41) is 0.366. The standard InChI is InChI=1S/C12H20F3N5S/c13-12(14,15)10-17-11(21-18-10)20-8-6-19(7-9-20)5-3-1-2-4-16/h1-9,16H2. The molecule has 1 aliphatic rings. The number of unbranched alkanes of at least 4 members (excludes halogenated alkanes) is 2. The molecule has 1 aliphatic heterocycles. The fraction of sp³-hybridized carbons (Fsp3) is 0.833. The monoisotopic (exact) mass is 323 g/mol. The van der Waals surface area contributed by atoms with Crippen molar-refractivity contribution in [1.29, 1.82) is 0 Å². The zero-order valence-corrected chi connectivity index (χ0v) is 12.6. The maximum Gasteiger partial charge on any atom is 0.452 e. The highest BCUT2D eigenvalue weighted by Crippen LogP contribution is 2.30. The average molecular weight is 323 g/mol. The lowest BCUT2D eigenvalue weighted by atomic mass is 10.2. The number of alkyl halides is 3. The van der Waals surface area contributed by atoms with E-state index in [0.717, 1.165) is 57.0 Å². The van der Waals surface area contributed by atoms with E-state index in [2.05, 4.69) is 14.3 Å². The number of halogens is 3. The van der Waals surface area contributed by atoms with E-state index in [1.54, 1.807) is 0 Å². The number of aromatic nitrogens is 2. The van der Waals surface area contributed by atoms with Crippen molar-refractivity contribution < 1.29 is 13.2 Å². The second kappa shape index (κ2) is 7.37. The number of anilines is 1. The highest BCUT2D eigenvalue weighted by Gasteiger charge is 2.36. The predicted octanol–water partition coefficient (Wildman–Crippen LogP) is 1.81. The first kappa shape index (κ1) is 16.4. The molecule has 0 spiro atoms. The summed E-state index contributed by atoms with van der Waals surface area (Å²) in [4.78, 5) is 7.80. The Kier molecular flexibility index (Phi) is 5.77. The number of rotatable bonds is 6. The zero-order valence-electron chi connectivity index (χ0n) is 11.8. The Balaban J connectivity index is 1.77. The third-order valence-corrected chi connectivity index (χ3v) is 4.27. The van der Waals surface area contributed by atoms with Crippen molar-refractivity contribution in [2.24, 2.45) is 5.73 Å². The highest BCUT2D eigenvalue weighted by atomic mass is 32.1. The van der Waals surface area contributed by atoms with E-state index >= 15 is 0 Å². The second-order valence-corrected chi connectivity index (χ2v) is 5.81. The summed E-state index contributed by atoms with van der Waals surface area (Å²) in [6.07, 6.45) is -1.17. The van der Waals surface area contributed by atoms with E-state index < -0.39 is 12.0 Å². The summed E-state index contributed by atoms with van der Waals surface area (Å²) in [7, 11) is 0. The van der Waals surface area contributed by atoms with Crippen LogP contribution in [0, 0.1) is 0 Å². The van der Waals surface area contributed by atoms with E-state index in [-0.39, 0.29) is 0 Å². The Labute approximate surface area is 126 Å². The molecule has 1 aromatic heterocycles. The third-order valence-electron chi connectivity index (χ3n) is 3.49. The van der Waals surface area contributed by atoms with Crippen molar-refractivity contribution in [3.05, 3.63) is 5.82 Å². The molecule has 2 N–H and O–H groups in total. The molecule has 0 amide bonds. The molecule has 0 bridgehead atoms. The molecule has 0 aromatic carbocycles. The highest BCUT2D eigenvalue weighted by molar-refractivity contribution is 7.09. The molecule has 1 aromatic rings. The minimum absolute atomic E-state index is 0.366. The second-order valence-electron chi connectivity index (χ2n) is 5.08. The molecule has 2 heterocycles. The van der Waals surface area contributed by atoms with Gasteiger partial charge in [-0.2, -0.15) is 22.5 Å². The van der Waals surface area contributed by atoms with Crippen LogP contribution < -0.4 is 10.6 Å². The summed E-state index contributed by atoms with van der Waals surface area (Å²) in [6, 6.07) is 0. The van der Waals surface area contributed by atoms with Crippen LogP contribution in [0.1, 0.15) is 25.1 Å². The van der Waals surface area contributed by atoms with E-state index in [9.17, 15) is 13.2 Å². The van der Waals surface area contributed by atoms with Gasteiger partial charge in [-0.15, -0.1) is 0 Å². The number of piperazine rings is 1. The summed E-state index contributed by atoms with van der Waals surface area (Å²) < 4.78 is 40.8. The molecule has 5 nitrogen and oxygen atoms in total. The summed E-state index contributed by atoms with van der Waals surface area (Å²) in [5.41, 5.74) is 5.45. The van der Waals surface area contributed by atoms with Gasteiger partial charge in [-0.05, 0) is 25.9 Å². The van der Waals surface area contributed by atoms with Crippen LogP contribution in [-0.2, 0) is 6.18 Å². The number of hydrogen-bond acceptors (Lipinski definition) is 6. The van der Waals surface area contributed by atoms with Crippen LogP contribution in [0.2, 0.25) is 0 Å². The maximum atomic E-state index is 12.5. The number of nitrogens with zero attached hydrogens (tertiary/aromatic N) is 4. The van der Waals surface area contributed by atoms with Crippen molar-refractivity contribution in [1.82, 2.24) is 14.3 Å². The lowest BCUT2D eigenvalue weighted by Gasteiger charge is -2.34. The van der Waals surface area contributed by atoms with Gasteiger partial charge in [-0.25, -0.2) is 0 Å². The van der Waals surface area contributed by atoms with Gasteiger partial charge < -0.3 is 10.6 Å². The van der Waals surface area contributed by atoms with E-state index in [1.165, 1.54) is 0 Å². The molecule has 2 rings (SSSR count). The van der Waals surface area contributed by atoms with E-state index in [0.29, 0.717) is 18.2 Å². The minimum Gasteiger partial charge on any atom is -0.344 e. The summed E-state index contributed by atoms with van der Waals surface area (Å²) >= 11 is 0.821. The van der Waals surface area contributed by atoms with E-state index in [4.69, 9.17) is 5.73 Å². The lowest BCUT2D eigenvalue weighted by molar-refractivity contribution is -0.144. The normalized spacial score (nSPS) is 17.4. The molecule has 21 heavy (non-hydrogen) atoms. The molecule has 120 valence electrons. The Morgan fingerprint density at radius 1 is 1.10 bits per heavy atom. The molecule has 9 heteroatoms. The van der Waals surface area contributed by atoms with Gasteiger partial charge in [0.2, 0.25) is 11.0 Å². The Bertz CT molecular complexity index is 429. The topological polar surface area (TPSA) is 58.3 Å². The van der Waals surface area contributed by atoms with Crippen LogP contribution in [0.5, 0.6) is 0 Å². The molecule has 1 saturated heterocycles. The summed E-state index contributed by atoms with van der Waals surface area (Å²) in [6.45, 7) is 4.85. The van der Waals surface area contributed by atoms with Crippen molar-refractivity contribution in [3.63, 3.8) is 0 Å². The first-order valence-corrected chi connectivity index (χ1v) is 7.86.